The SMILES string of the molecule is NCCn1nc(C2CCN(Cc3cccc(Cl)c3)C2)c2nccnc21. The predicted molar refractivity (Wildman–Crippen MR) is 98.5 cm³/mol. The van der Waals surface area contributed by atoms with Crippen molar-refractivity contribution < 1.29 is 0 Å². The summed E-state index contributed by atoms with van der Waals surface area (Å²) < 4.78 is 1.89. The second kappa shape index (κ2) is 7.07. The van der Waals surface area contributed by atoms with Crippen LogP contribution in [0.15, 0.2) is 36.7 Å². The first-order valence-corrected chi connectivity index (χ1v) is 8.96. The fourth-order valence-electron chi connectivity index (χ4n) is 3.57. The second-order valence-electron chi connectivity index (χ2n) is 6.48. The number of halogens is 1. The lowest BCUT2D eigenvalue weighted by Crippen LogP contribution is -2.20. The van der Waals surface area contributed by atoms with Crippen LogP contribution >= 0.6 is 11.6 Å². The van der Waals surface area contributed by atoms with Crippen LogP contribution in [-0.4, -0.2) is 44.3 Å². The van der Waals surface area contributed by atoms with Crippen molar-refractivity contribution in [2.24, 2.45) is 5.73 Å². The molecular formula is C18H21ClN6. The van der Waals surface area contributed by atoms with E-state index < -0.39 is 0 Å². The zero-order valence-electron chi connectivity index (χ0n) is 14.0. The smallest absolute Gasteiger partial charge is 0.177 e. The first-order chi connectivity index (χ1) is 12.2. The summed E-state index contributed by atoms with van der Waals surface area (Å²) in [7, 11) is 0. The fourth-order valence-corrected chi connectivity index (χ4v) is 3.78. The number of nitrogens with zero attached hydrogens (tertiary/aromatic N) is 5. The Hall–Kier alpha value is -2.02. The van der Waals surface area contributed by atoms with Gasteiger partial charge in [0.2, 0.25) is 0 Å². The molecule has 130 valence electrons. The van der Waals surface area contributed by atoms with Gasteiger partial charge in [0.05, 0.1) is 12.2 Å². The maximum absolute atomic E-state index is 6.10. The molecule has 3 aromatic rings. The highest BCUT2D eigenvalue weighted by Crippen LogP contribution is 2.31. The van der Waals surface area contributed by atoms with Crippen LogP contribution in [0.1, 0.15) is 23.6 Å². The summed E-state index contributed by atoms with van der Waals surface area (Å²) in [5.74, 6) is 0.373. The Labute approximate surface area is 151 Å². The third-order valence-electron chi connectivity index (χ3n) is 4.69. The molecule has 0 aliphatic carbocycles. The van der Waals surface area contributed by atoms with E-state index >= 15 is 0 Å². The normalized spacial score (nSPS) is 18.2. The molecule has 6 nitrogen and oxygen atoms in total. The van der Waals surface area contributed by atoms with E-state index in [0.717, 1.165) is 47.9 Å². The van der Waals surface area contributed by atoms with Gasteiger partial charge in [-0.05, 0) is 30.7 Å². The van der Waals surface area contributed by atoms with Crippen LogP contribution < -0.4 is 5.73 Å². The van der Waals surface area contributed by atoms with Crippen molar-refractivity contribution >= 4 is 22.8 Å². The molecule has 0 spiro atoms. The number of hydrogen-bond acceptors (Lipinski definition) is 5. The lowest BCUT2D eigenvalue weighted by atomic mass is 10.0. The molecule has 2 aromatic heterocycles. The largest absolute Gasteiger partial charge is 0.329 e. The first-order valence-electron chi connectivity index (χ1n) is 8.59. The van der Waals surface area contributed by atoms with Crippen LogP contribution in [0.5, 0.6) is 0 Å². The number of likely N-dealkylation sites (tertiary alicyclic amines) is 1. The Morgan fingerprint density at radius 3 is 2.96 bits per heavy atom. The summed E-state index contributed by atoms with van der Waals surface area (Å²) >= 11 is 6.10. The molecule has 7 heteroatoms. The summed E-state index contributed by atoms with van der Waals surface area (Å²) in [5, 5.41) is 5.57. The molecule has 1 unspecified atom stereocenters. The Balaban J connectivity index is 1.54. The summed E-state index contributed by atoms with van der Waals surface area (Å²) in [6.45, 7) is 4.12. The van der Waals surface area contributed by atoms with Gasteiger partial charge in [0.15, 0.2) is 5.65 Å². The highest BCUT2D eigenvalue weighted by atomic mass is 35.5. The highest BCUT2D eigenvalue weighted by Gasteiger charge is 2.29. The van der Waals surface area contributed by atoms with E-state index in [0.29, 0.717) is 19.0 Å². The third-order valence-corrected chi connectivity index (χ3v) is 4.92. The van der Waals surface area contributed by atoms with Crippen LogP contribution in [0.4, 0.5) is 0 Å². The quantitative estimate of drug-likeness (QED) is 0.760. The lowest BCUT2D eigenvalue weighted by molar-refractivity contribution is 0.326. The van der Waals surface area contributed by atoms with Crippen LogP contribution in [0.25, 0.3) is 11.2 Å². The number of hydrogen-bond donors (Lipinski definition) is 1. The van der Waals surface area contributed by atoms with Gasteiger partial charge >= 0.3 is 0 Å². The minimum absolute atomic E-state index is 0.373. The van der Waals surface area contributed by atoms with Crippen LogP contribution in [-0.2, 0) is 13.1 Å². The predicted octanol–water partition coefficient (Wildman–Crippen LogP) is 2.43. The maximum Gasteiger partial charge on any atom is 0.177 e. The number of fused-ring (bicyclic) bond motifs is 1. The molecule has 0 amide bonds. The maximum atomic E-state index is 6.10. The van der Waals surface area contributed by atoms with Crippen molar-refractivity contribution in [2.75, 3.05) is 19.6 Å². The molecule has 1 aromatic carbocycles. The van der Waals surface area contributed by atoms with Gasteiger partial charge in [-0.25, -0.2) is 14.6 Å². The summed E-state index contributed by atoms with van der Waals surface area (Å²) in [5.41, 5.74) is 9.73. The molecule has 0 saturated carbocycles. The van der Waals surface area contributed by atoms with E-state index in [1.54, 1.807) is 12.4 Å². The van der Waals surface area contributed by atoms with E-state index in [-0.39, 0.29) is 0 Å². The fraction of sp³-hybridized carbons (Fsp3) is 0.389. The molecule has 1 aliphatic rings. The van der Waals surface area contributed by atoms with Gasteiger partial charge in [-0.1, -0.05) is 23.7 Å². The Kier molecular flexibility index (Phi) is 4.65. The Bertz CT molecular complexity index is 877. The average Bonchev–Trinajstić information content (AvgIpc) is 3.20. The third kappa shape index (κ3) is 3.38. The van der Waals surface area contributed by atoms with Gasteiger partial charge in [0.1, 0.15) is 5.52 Å². The van der Waals surface area contributed by atoms with Gasteiger partial charge in [-0.15, -0.1) is 0 Å². The van der Waals surface area contributed by atoms with Gasteiger partial charge < -0.3 is 5.73 Å². The Morgan fingerprint density at radius 2 is 2.12 bits per heavy atom. The topological polar surface area (TPSA) is 72.9 Å². The molecule has 1 saturated heterocycles. The first kappa shape index (κ1) is 16.4. The molecule has 1 fully saturated rings. The van der Waals surface area contributed by atoms with Crippen LogP contribution in [0.3, 0.4) is 0 Å². The van der Waals surface area contributed by atoms with E-state index in [2.05, 4.69) is 20.9 Å². The number of rotatable bonds is 5. The second-order valence-corrected chi connectivity index (χ2v) is 6.91. The monoisotopic (exact) mass is 356 g/mol. The van der Waals surface area contributed by atoms with E-state index in [9.17, 15) is 0 Å². The minimum Gasteiger partial charge on any atom is -0.329 e. The zero-order valence-corrected chi connectivity index (χ0v) is 14.7. The van der Waals surface area contributed by atoms with Crippen molar-refractivity contribution in [3.8, 4) is 0 Å². The lowest BCUT2D eigenvalue weighted by Gasteiger charge is -2.15. The zero-order chi connectivity index (χ0) is 17.2. The van der Waals surface area contributed by atoms with Crippen LogP contribution in [0, 0.1) is 0 Å². The van der Waals surface area contributed by atoms with E-state index in [4.69, 9.17) is 22.4 Å². The van der Waals surface area contributed by atoms with Crippen molar-refractivity contribution in [3.63, 3.8) is 0 Å². The van der Waals surface area contributed by atoms with Crippen LogP contribution in [0.2, 0.25) is 5.02 Å². The van der Waals surface area contributed by atoms with Crippen molar-refractivity contribution in [1.82, 2.24) is 24.6 Å². The van der Waals surface area contributed by atoms with Crippen molar-refractivity contribution in [1.29, 1.82) is 0 Å². The van der Waals surface area contributed by atoms with Crippen molar-refractivity contribution in [2.45, 2.75) is 25.4 Å². The molecule has 25 heavy (non-hydrogen) atoms. The number of benzene rings is 1. The van der Waals surface area contributed by atoms with Crippen molar-refractivity contribution in [3.05, 3.63) is 52.9 Å². The van der Waals surface area contributed by atoms with Gasteiger partial charge in [0.25, 0.3) is 0 Å². The molecule has 1 atom stereocenters. The molecule has 2 N–H and O–H groups in total. The molecule has 4 rings (SSSR count). The average molecular weight is 357 g/mol. The molecular weight excluding hydrogens is 336 g/mol. The molecule has 3 heterocycles. The summed E-state index contributed by atoms with van der Waals surface area (Å²) in [6, 6.07) is 8.07. The van der Waals surface area contributed by atoms with Gasteiger partial charge in [-0.3, -0.25) is 4.90 Å². The van der Waals surface area contributed by atoms with E-state index in [1.807, 2.05) is 22.9 Å². The van der Waals surface area contributed by atoms with E-state index in [1.165, 1.54) is 5.56 Å². The highest BCUT2D eigenvalue weighted by molar-refractivity contribution is 6.30. The standard InChI is InChI=1S/C18H21ClN6/c19-15-3-1-2-13(10-15)11-24-8-4-14(12-24)16-17-18(22-7-6-21-17)25(23-16)9-5-20/h1-3,6-7,10,14H,4-5,8-9,11-12,20H2. The summed E-state index contributed by atoms with van der Waals surface area (Å²) in [6.07, 6.45) is 4.52. The minimum atomic E-state index is 0.373. The summed E-state index contributed by atoms with van der Waals surface area (Å²) in [4.78, 5) is 11.4. The van der Waals surface area contributed by atoms with Gasteiger partial charge in [-0.2, -0.15) is 5.10 Å². The number of aromatic nitrogens is 4. The molecule has 0 radical (unpaired) electrons. The Morgan fingerprint density at radius 1 is 1.24 bits per heavy atom. The number of nitrogens with two attached hydrogens (primary N) is 1. The molecule has 0 bridgehead atoms. The van der Waals surface area contributed by atoms with Gasteiger partial charge in [0, 0.05) is 43.0 Å². The molecule has 1 aliphatic heterocycles.